The molecule has 0 spiro atoms. The molecule has 0 aromatic carbocycles. The lowest BCUT2D eigenvalue weighted by Crippen LogP contribution is -2.40. The molecule has 0 aliphatic rings. The number of carbonyl (C=O) groups is 1. The molecule has 23 heavy (non-hydrogen) atoms. The summed E-state index contributed by atoms with van der Waals surface area (Å²) in [5.41, 5.74) is 0. The fourth-order valence-electron chi connectivity index (χ4n) is 1.61. The number of sulfonamides is 1. The van der Waals surface area contributed by atoms with Gasteiger partial charge in [0.2, 0.25) is 15.9 Å². The van der Waals surface area contributed by atoms with Gasteiger partial charge in [-0.25, -0.2) is 8.42 Å². The maximum Gasteiger partial charge on any atom is 0.244 e. The Morgan fingerprint density at radius 2 is 1.96 bits per heavy atom. The Morgan fingerprint density at radius 1 is 1.26 bits per heavy atom. The van der Waals surface area contributed by atoms with E-state index in [2.05, 4.69) is 22.5 Å². The molecular weight excluding hydrogens is 363 g/mol. The van der Waals surface area contributed by atoms with Crippen LogP contribution in [0.3, 0.4) is 0 Å². The third kappa shape index (κ3) is 8.47. The topological polar surface area (TPSA) is 91.4 Å². The number of nitrogens with zero attached hydrogens (tertiary/aromatic N) is 2. The van der Waals surface area contributed by atoms with E-state index in [4.69, 9.17) is 0 Å². The normalized spacial score (nSPS) is 10.6. The van der Waals surface area contributed by atoms with Crippen molar-refractivity contribution < 1.29 is 13.2 Å². The van der Waals surface area contributed by atoms with Crippen LogP contribution in [0.15, 0.2) is 29.4 Å². The number of amides is 1. The van der Waals surface area contributed by atoms with Gasteiger partial charge in [0.25, 0.3) is 0 Å². The van der Waals surface area contributed by atoms with Gasteiger partial charge in [0.05, 0.1) is 6.54 Å². The first-order valence-electron chi connectivity index (χ1n) is 6.82. The molecule has 0 saturated carbocycles. The van der Waals surface area contributed by atoms with Gasteiger partial charge in [-0.1, -0.05) is 6.92 Å². The third-order valence-electron chi connectivity index (χ3n) is 2.76. The molecule has 0 unspecified atom stereocenters. The predicted molar refractivity (Wildman–Crippen MR) is 94.7 cm³/mol. The van der Waals surface area contributed by atoms with Crippen molar-refractivity contribution in [3.63, 3.8) is 0 Å². The van der Waals surface area contributed by atoms with E-state index in [0.717, 1.165) is 17.3 Å². The van der Waals surface area contributed by atoms with Crippen LogP contribution in [0.4, 0.5) is 0 Å². The molecule has 0 saturated heterocycles. The van der Waals surface area contributed by atoms with Crippen LogP contribution in [0.1, 0.15) is 13.3 Å². The van der Waals surface area contributed by atoms with Crippen LogP contribution < -0.4 is 10.6 Å². The Balaban J connectivity index is 0. The van der Waals surface area contributed by atoms with Crippen LogP contribution in [-0.2, 0) is 14.8 Å². The SMILES string of the molecule is CCCNCCNC(=O)CN(C)S(=O)(=O)c1cccnc1.Cl.Cl. The summed E-state index contributed by atoms with van der Waals surface area (Å²) < 4.78 is 25.4. The average Bonchev–Trinajstić information content (AvgIpc) is 2.47. The van der Waals surface area contributed by atoms with Gasteiger partial charge < -0.3 is 10.6 Å². The van der Waals surface area contributed by atoms with E-state index in [1.54, 1.807) is 6.07 Å². The van der Waals surface area contributed by atoms with E-state index in [0.29, 0.717) is 13.1 Å². The first kappa shape index (κ1) is 24.3. The molecule has 7 nitrogen and oxygen atoms in total. The van der Waals surface area contributed by atoms with Gasteiger partial charge in [-0.05, 0) is 25.1 Å². The lowest BCUT2D eigenvalue weighted by molar-refractivity contribution is -0.121. The minimum absolute atomic E-state index is 0. The van der Waals surface area contributed by atoms with Crippen molar-refractivity contribution in [1.29, 1.82) is 0 Å². The molecule has 1 aromatic rings. The average molecular weight is 387 g/mol. The number of rotatable bonds is 9. The summed E-state index contributed by atoms with van der Waals surface area (Å²) >= 11 is 0. The van der Waals surface area contributed by atoms with Gasteiger partial charge in [0, 0.05) is 32.5 Å². The fourth-order valence-corrected chi connectivity index (χ4v) is 2.71. The molecule has 0 fully saturated rings. The van der Waals surface area contributed by atoms with Gasteiger partial charge in [-0.3, -0.25) is 9.78 Å². The molecule has 0 aliphatic heterocycles. The molecule has 1 rings (SSSR count). The number of halogens is 2. The Hall–Kier alpha value is -0.930. The Morgan fingerprint density at radius 3 is 2.52 bits per heavy atom. The van der Waals surface area contributed by atoms with E-state index in [1.165, 1.54) is 25.5 Å². The molecule has 10 heteroatoms. The number of likely N-dealkylation sites (N-methyl/N-ethyl adjacent to an activating group) is 1. The van der Waals surface area contributed by atoms with Crippen molar-refractivity contribution >= 4 is 40.7 Å². The number of aromatic nitrogens is 1. The number of hydrogen-bond acceptors (Lipinski definition) is 5. The van der Waals surface area contributed by atoms with Gasteiger partial charge in [-0.2, -0.15) is 4.31 Å². The number of carbonyl (C=O) groups excluding carboxylic acids is 1. The Bertz CT molecular complexity index is 543. The highest BCUT2D eigenvalue weighted by Gasteiger charge is 2.22. The van der Waals surface area contributed by atoms with Gasteiger partial charge in [0.15, 0.2) is 0 Å². The molecule has 1 aromatic heterocycles. The number of nitrogens with one attached hydrogen (secondary N) is 2. The van der Waals surface area contributed by atoms with Crippen molar-refractivity contribution in [2.24, 2.45) is 0 Å². The third-order valence-corrected chi connectivity index (χ3v) is 4.55. The van der Waals surface area contributed by atoms with Gasteiger partial charge in [0.1, 0.15) is 4.90 Å². The largest absolute Gasteiger partial charge is 0.354 e. The van der Waals surface area contributed by atoms with Crippen LogP contribution in [0, 0.1) is 0 Å². The van der Waals surface area contributed by atoms with Crippen molar-refractivity contribution in [3.05, 3.63) is 24.5 Å². The maximum atomic E-state index is 12.2. The fraction of sp³-hybridized carbons (Fsp3) is 0.538. The second-order valence-corrected chi connectivity index (χ2v) is 6.59. The van der Waals surface area contributed by atoms with E-state index < -0.39 is 10.0 Å². The molecule has 0 atom stereocenters. The minimum Gasteiger partial charge on any atom is -0.354 e. The summed E-state index contributed by atoms with van der Waals surface area (Å²) in [6, 6.07) is 2.99. The highest BCUT2D eigenvalue weighted by molar-refractivity contribution is 7.89. The standard InChI is InChI=1S/C13H22N4O3S.2ClH/c1-3-6-14-8-9-16-13(18)11-17(2)21(19,20)12-5-4-7-15-10-12;;/h4-5,7,10,14H,3,6,8-9,11H2,1-2H3,(H,16,18);2*1H. The van der Waals surface area contributed by atoms with Crippen molar-refractivity contribution in [1.82, 2.24) is 19.9 Å². The first-order chi connectivity index (χ1) is 9.98. The summed E-state index contributed by atoms with van der Waals surface area (Å²) in [5.74, 6) is -0.330. The smallest absolute Gasteiger partial charge is 0.244 e. The van der Waals surface area contributed by atoms with Crippen LogP contribution in [0.25, 0.3) is 0 Å². The second kappa shape index (κ2) is 12.5. The van der Waals surface area contributed by atoms with Crippen molar-refractivity contribution in [2.45, 2.75) is 18.2 Å². The zero-order chi connectivity index (χ0) is 15.7. The van der Waals surface area contributed by atoms with Crippen molar-refractivity contribution in [2.75, 3.05) is 33.2 Å². The molecule has 1 heterocycles. The Labute approximate surface area is 150 Å². The molecular formula is C13H24Cl2N4O3S. The molecule has 2 N–H and O–H groups in total. The second-order valence-electron chi connectivity index (χ2n) is 4.55. The van der Waals surface area contributed by atoms with E-state index in [1.807, 2.05) is 0 Å². The number of hydrogen-bond donors (Lipinski definition) is 2. The molecule has 0 bridgehead atoms. The number of pyridine rings is 1. The van der Waals surface area contributed by atoms with Crippen LogP contribution >= 0.6 is 24.8 Å². The summed E-state index contributed by atoms with van der Waals surface area (Å²) in [6.45, 7) is 3.87. The van der Waals surface area contributed by atoms with Gasteiger partial charge in [-0.15, -0.1) is 24.8 Å². The van der Waals surface area contributed by atoms with E-state index in [9.17, 15) is 13.2 Å². The summed E-state index contributed by atoms with van der Waals surface area (Å²) in [5, 5.41) is 5.82. The molecule has 1 amide bonds. The lowest BCUT2D eigenvalue weighted by atomic mass is 10.4. The van der Waals surface area contributed by atoms with Crippen LogP contribution in [0.5, 0.6) is 0 Å². The van der Waals surface area contributed by atoms with Crippen LogP contribution in [0.2, 0.25) is 0 Å². The first-order valence-corrected chi connectivity index (χ1v) is 8.26. The summed E-state index contributed by atoms with van der Waals surface area (Å²) in [6.07, 6.45) is 3.79. The molecule has 0 radical (unpaired) electrons. The lowest BCUT2D eigenvalue weighted by Gasteiger charge is -2.16. The van der Waals surface area contributed by atoms with Gasteiger partial charge >= 0.3 is 0 Å². The minimum atomic E-state index is -3.68. The maximum absolute atomic E-state index is 12.2. The predicted octanol–water partition coefficient (Wildman–Crippen LogP) is 0.661. The highest BCUT2D eigenvalue weighted by atomic mass is 35.5. The van der Waals surface area contributed by atoms with Crippen LogP contribution in [-0.4, -0.2) is 56.8 Å². The Kier molecular flexibility index (Phi) is 13.2. The molecule has 0 aliphatic carbocycles. The zero-order valence-corrected chi connectivity index (χ0v) is 15.6. The monoisotopic (exact) mass is 386 g/mol. The summed E-state index contributed by atoms with van der Waals surface area (Å²) in [7, 11) is -2.31. The highest BCUT2D eigenvalue weighted by Crippen LogP contribution is 2.11. The quantitative estimate of drug-likeness (QED) is 0.608. The zero-order valence-electron chi connectivity index (χ0n) is 13.2. The van der Waals surface area contributed by atoms with Crippen molar-refractivity contribution in [3.8, 4) is 0 Å². The summed E-state index contributed by atoms with van der Waals surface area (Å²) in [4.78, 5) is 15.6. The molecule has 134 valence electrons. The van der Waals surface area contributed by atoms with E-state index in [-0.39, 0.29) is 42.2 Å². The van der Waals surface area contributed by atoms with E-state index >= 15 is 0 Å².